The number of para-hydroxylation sites is 1. The number of halogens is 1. The molecule has 4 aromatic rings. The molecule has 1 aliphatic rings. The number of nitrogens with zero attached hydrogens (tertiary/aromatic N) is 2. The molecule has 0 spiro atoms. The van der Waals surface area contributed by atoms with Crippen molar-refractivity contribution in [3.05, 3.63) is 76.6 Å². The van der Waals surface area contributed by atoms with Crippen molar-refractivity contribution in [1.29, 1.82) is 0 Å². The summed E-state index contributed by atoms with van der Waals surface area (Å²) >= 11 is 6.36. The Labute approximate surface area is 209 Å². The van der Waals surface area contributed by atoms with Crippen molar-refractivity contribution < 1.29 is 28.8 Å². The molecule has 0 bridgehead atoms. The van der Waals surface area contributed by atoms with Gasteiger partial charge in [-0.1, -0.05) is 41.9 Å². The number of carbonyl (C=O) groups excluding carboxylic acids is 2. The van der Waals surface area contributed by atoms with Crippen LogP contribution >= 0.6 is 11.6 Å². The number of amides is 2. The lowest BCUT2D eigenvalue weighted by Gasteiger charge is -2.16. The number of aromatic nitrogens is 2. The average molecular weight is 509 g/mol. The minimum Gasteiger partial charge on any atom is -0.479 e. The normalized spacial score (nSPS) is 13.8. The van der Waals surface area contributed by atoms with Crippen LogP contribution in [0.1, 0.15) is 39.4 Å². The lowest BCUT2D eigenvalue weighted by atomic mass is 10.1. The maximum Gasteiger partial charge on any atom is 0.354 e. The highest BCUT2D eigenvalue weighted by molar-refractivity contribution is 6.38. The van der Waals surface area contributed by atoms with E-state index in [0.29, 0.717) is 29.4 Å². The fraction of sp³-hybridized carbons (Fsp3) is 0.200. The Bertz CT molecular complexity index is 1490. The van der Waals surface area contributed by atoms with Gasteiger partial charge in [0.1, 0.15) is 5.54 Å². The number of hydrogen-bond donors (Lipinski definition) is 3. The third kappa shape index (κ3) is 4.16. The van der Waals surface area contributed by atoms with Gasteiger partial charge in [0.15, 0.2) is 5.69 Å². The Morgan fingerprint density at radius 3 is 2.53 bits per heavy atom. The number of carboxylic acid groups (broad SMARTS) is 1. The van der Waals surface area contributed by atoms with E-state index in [4.69, 9.17) is 20.9 Å². The van der Waals surface area contributed by atoms with Gasteiger partial charge in [-0.05, 0) is 41.8 Å². The van der Waals surface area contributed by atoms with Crippen molar-refractivity contribution in [3.8, 4) is 11.6 Å². The molecule has 5 rings (SSSR count). The largest absolute Gasteiger partial charge is 0.479 e. The maximum atomic E-state index is 12.8. The summed E-state index contributed by atoms with van der Waals surface area (Å²) in [4.78, 5) is 37.1. The number of carboxylic acids is 1. The molecule has 2 aromatic carbocycles. The fourth-order valence-corrected chi connectivity index (χ4v) is 4.37. The van der Waals surface area contributed by atoms with Crippen LogP contribution in [0.15, 0.2) is 59.1 Å². The van der Waals surface area contributed by atoms with Crippen molar-refractivity contribution in [2.24, 2.45) is 0 Å². The highest BCUT2D eigenvalue weighted by Crippen LogP contribution is 2.36. The average Bonchev–Trinajstić information content (AvgIpc) is 3.38. The number of nitrogens with one attached hydrogen (secondary N) is 2. The van der Waals surface area contributed by atoms with Gasteiger partial charge in [0, 0.05) is 17.6 Å². The summed E-state index contributed by atoms with van der Waals surface area (Å²) in [5.41, 5.74) is 1.09. The van der Waals surface area contributed by atoms with Gasteiger partial charge in [0.2, 0.25) is 11.7 Å². The van der Waals surface area contributed by atoms with Gasteiger partial charge in [0.05, 0.1) is 23.7 Å². The molecule has 184 valence electrons. The lowest BCUT2D eigenvalue weighted by Crippen LogP contribution is -2.48. The molecule has 0 aliphatic heterocycles. The summed E-state index contributed by atoms with van der Waals surface area (Å²) in [5, 5.41) is 19.7. The summed E-state index contributed by atoms with van der Waals surface area (Å²) < 4.78 is 11.4. The van der Waals surface area contributed by atoms with Crippen LogP contribution in [0.5, 0.6) is 5.88 Å². The van der Waals surface area contributed by atoms with Crippen LogP contribution in [0.3, 0.4) is 0 Å². The van der Waals surface area contributed by atoms with Crippen molar-refractivity contribution in [2.75, 3.05) is 7.11 Å². The highest BCUT2D eigenvalue weighted by Gasteiger charge is 2.51. The first kappa shape index (κ1) is 23.4. The first-order valence-corrected chi connectivity index (χ1v) is 11.4. The SMILES string of the molecule is COc1cc(C(=O)NC2(C(=O)NCc3ccc(-n4c(C(=O)O)c(Cl)c5ccccc54)cc3)CC2)on1. The summed E-state index contributed by atoms with van der Waals surface area (Å²) in [6.45, 7) is 0.228. The molecule has 1 saturated carbocycles. The molecule has 36 heavy (non-hydrogen) atoms. The van der Waals surface area contributed by atoms with Crippen molar-refractivity contribution >= 4 is 40.3 Å². The Balaban J connectivity index is 1.28. The van der Waals surface area contributed by atoms with E-state index < -0.39 is 17.4 Å². The quantitative estimate of drug-likeness (QED) is 0.331. The fourth-order valence-electron chi connectivity index (χ4n) is 4.05. The minimum atomic E-state index is -1.13. The van der Waals surface area contributed by atoms with Gasteiger partial charge in [-0.3, -0.25) is 9.59 Å². The molecule has 2 amide bonds. The highest BCUT2D eigenvalue weighted by atomic mass is 35.5. The molecule has 2 aromatic heterocycles. The zero-order valence-corrected chi connectivity index (χ0v) is 19.8. The minimum absolute atomic E-state index is 0.0188. The molecular weight excluding hydrogens is 488 g/mol. The molecule has 1 fully saturated rings. The summed E-state index contributed by atoms with van der Waals surface area (Å²) in [6, 6.07) is 15.7. The number of hydrogen-bond acceptors (Lipinski definition) is 6. The first-order valence-electron chi connectivity index (χ1n) is 11.1. The monoisotopic (exact) mass is 508 g/mol. The van der Waals surface area contributed by atoms with Gasteiger partial charge in [-0.25, -0.2) is 4.79 Å². The van der Waals surface area contributed by atoms with Crippen molar-refractivity contribution in [2.45, 2.75) is 24.9 Å². The topological polar surface area (TPSA) is 136 Å². The number of benzene rings is 2. The van der Waals surface area contributed by atoms with Gasteiger partial charge in [-0.2, -0.15) is 0 Å². The Morgan fingerprint density at radius 1 is 1.17 bits per heavy atom. The summed E-state index contributed by atoms with van der Waals surface area (Å²) in [5.74, 6) is -1.85. The van der Waals surface area contributed by atoms with E-state index in [1.54, 1.807) is 47.0 Å². The van der Waals surface area contributed by atoms with Crippen molar-refractivity contribution in [3.63, 3.8) is 0 Å². The van der Waals surface area contributed by atoms with Crippen LogP contribution in [-0.2, 0) is 11.3 Å². The van der Waals surface area contributed by atoms with Gasteiger partial charge >= 0.3 is 5.97 Å². The third-order valence-electron chi connectivity index (χ3n) is 6.12. The zero-order chi connectivity index (χ0) is 25.4. The molecule has 0 unspecified atom stereocenters. The number of methoxy groups -OCH3 is 1. The molecule has 0 saturated heterocycles. The van der Waals surface area contributed by atoms with Crippen LogP contribution in [-0.4, -0.2) is 45.3 Å². The van der Waals surface area contributed by atoms with Gasteiger partial charge in [-0.15, -0.1) is 0 Å². The Hall–Kier alpha value is -4.31. The van der Waals surface area contributed by atoms with Gasteiger partial charge in [0.25, 0.3) is 11.8 Å². The molecular formula is C25H21ClN4O6. The van der Waals surface area contributed by atoms with E-state index in [1.807, 2.05) is 6.07 Å². The molecule has 1 aliphatic carbocycles. The first-order chi connectivity index (χ1) is 17.3. The van der Waals surface area contributed by atoms with Crippen LogP contribution < -0.4 is 15.4 Å². The molecule has 3 N–H and O–H groups in total. The van der Waals surface area contributed by atoms with E-state index in [-0.39, 0.29) is 34.8 Å². The number of ether oxygens (including phenoxy) is 1. The van der Waals surface area contributed by atoms with E-state index in [9.17, 15) is 19.5 Å². The second-order valence-corrected chi connectivity index (χ2v) is 8.82. The van der Waals surface area contributed by atoms with Gasteiger partial charge < -0.3 is 29.6 Å². The van der Waals surface area contributed by atoms with Crippen LogP contribution in [0.4, 0.5) is 0 Å². The standard InChI is InChI=1S/C25H21ClN4O6/c1-35-19-12-18(36-29-19)22(31)28-25(10-11-25)24(34)27-13-14-6-8-15(9-7-14)30-17-5-3-2-4-16(17)20(26)21(30)23(32)33/h2-9,12H,10-11,13H2,1H3,(H,27,34)(H,28,31)(H,32,33). The van der Waals surface area contributed by atoms with Crippen LogP contribution in [0.25, 0.3) is 16.6 Å². The summed E-state index contributed by atoms with van der Waals surface area (Å²) in [7, 11) is 1.41. The number of aromatic carboxylic acids is 1. The third-order valence-corrected chi connectivity index (χ3v) is 6.50. The molecule has 0 radical (unpaired) electrons. The van der Waals surface area contributed by atoms with E-state index >= 15 is 0 Å². The smallest absolute Gasteiger partial charge is 0.354 e. The molecule has 2 heterocycles. The molecule has 0 atom stereocenters. The number of carbonyl (C=O) groups is 3. The second-order valence-electron chi connectivity index (χ2n) is 8.44. The molecule has 10 nitrogen and oxygen atoms in total. The Morgan fingerprint density at radius 2 is 1.89 bits per heavy atom. The van der Waals surface area contributed by atoms with Crippen molar-refractivity contribution in [1.82, 2.24) is 20.4 Å². The van der Waals surface area contributed by atoms with E-state index in [1.165, 1.54) is 13.2 Å². The number of rotatable bonds is 8. The van der Waals surface area contributed by atoms with E-state index in [2.05, 4.69) is 15.8 Å². The van der Waals surface area contributed by atoms with Crippen LogP contribution in [0, 0.1) is 0 Å². The maximum absolute atomic E-state index is 12.8. The molecule has 11 heteroatoms. The Kier molecular flexibility index (Phi) is 5.89. The van der Waals surface area contributed by atoms with E-state index in [0.717, 1.165) is 5.56 Å². The summed E-state index contributed by atoms with van der Waals surface area (Å²) in [6.07, 6.45) is 1.02. The number of fused-ring (bicyclic) bond motifs is 1. The predicted molar refractivity (Wildman–Crippen MR) is 130 cm³/mol. The van der Waals surface area contributed by atoms with Crippen LogP contribution in [0.2, 0.25) is 5.02 Å². The predicted octanol–water partition coefficient (Wildman–Crippen LogP) is 3.56. The second kappa shape index (κ2) is 9.04. The lowest BCUT2D eigenvalue weighted by molar-refractivity contribution is -0.124. The zero-order valence-electron chi connectivity index (χ0n) is 19.1.